The Morgan fingerprint density at radius 3 is 2.70 bits per heavy atom. The third-order valence-corrected chi connectivity index (χ3v) is 5.32. The standard InChI is InChI=1S/C16H29N3S/c1-11(2)17-9-12-7-8-19(6)14(12)13-10-20-15(18-13)16(3,4)5/h10-12,14,17H,7-9H2,1-6H3. The van der Waals surface area contributed by atoms with E-state index in [-0.39, 0.29) is 5.41 Å². The van der Waals surface area contributed by atoms with Crippen molar-refractivity contribution in [1.82, 2.24) is 15.2 Å². The van der Waals surface area contributed by atoms with E-state index >= 15 is 0 Å². The van der Waals surface area contributed by atoms with E-state index in [1.54, 1.807) is 0 Å². The van der Waals surface area contributed by atoms with Crippen LogP contribution in [0.5, 0.6) is 0 Å². The summed E-state index contributed by atoms with van der Waals surface area (Å²) in [5.74, 6) is 0.678. The van der Waals surface area contributed by atoms with Crippen molar-refractivity contribution >= 4 is 11.3 Å². The van der Waals surface area contributed by atoms with Gasteiger partial charge in [-0.2, -0.15) is 0 Å². The number of rotatable bonds is 4. The van der Waals surface area contributed by atoms with Crippen LogP contribution < -0.4 is 5.32 Å². The fraction of sp³-hybridized carbons (Fsp3) is 0.812. The first-order valence-electron chi connectivity index (χ1n) is 7.68. The lowest BCUT2D eigenvalue weighted by Crippen LogP contribution is -2.32. The van der Waals surface area contributed by atoms with Crippen LogP contribution in [-0.2, 0) is 5.41 Å². The third kappa shape index (κ3) is 3.60. The highest BCUT2D eigenvalue weighted by atomic mass is 32.1. The van der Waals surface area contributed by atoms with E-state index in [2.05, 4.69) is 57.3 Å². The second-order valence-electron chi connectivity index (χ2n) is 7.36. The molecule has 1 aliphatic heterocycles. The molecule has 2 rings (SSSR count). The molecule has 1 N–H and O–H groups in total. The lowest BCUT2D eigenvalue weighted by atomic mass is 9.96. The maximum absolute atomic E-state index is 4.94. The Hall–Kier alpha value is -0.450. The maximum atomic E-state index is 4.94. The van der Waals surface area contributed by atoms with Gasteiger partial charge >= 0.3 is 0 Å². The first-order chi connectivity index (χ1) is 9.29. The Labute approximate surface area is 127 Å². The third-order valence-electron chi connectivity index (χ3n) is 4.03. The smallest absolute Gasteiger partial charge is 0.0982 e. The molecule has 0 radical (unpaired) electrons. The fourth-order valence-electron chi connectivity index (χ4n) is 2.86. The molecule has 4 heteroatoms. The molecule has 2 heterocycles. The molecule has 1 aliphatic rings. The number of nitrogens with one attached hydrogen (secondary N) is 1. The number of aromatic nitrogens is 1. The van der Waals surface area contributed by atoms with E-state index in [9.17, 15) is 0 Å². The highest BCUT2D eigenvalue weighted by Gasteiger charge is 2.35. The molecule has 20 heavy (non-hydrogen) atoms. The van der Waals surface area contributed by atoms with E-state index in [1.807, 2.05) is 11.3 Å². The van der Waals surface area contributed by atoms with Gasteiger partial charge < -0.3 is 5.32 Å². The van der Waals surface area contributed by atoms with Crippen molar-refractivity contribution in [3.05, 3.63) is 16.1 Å². The van der Waals surface area contributed by atoms with Gasteiger partial charge in [0.25, 0.3) is 0 Å². The van der Waals surface area contributed by atoms with Crippen molar-refractivity contribution in [3.63, 3.8) is 0 Å². The number of nitrogens with zero attached hydrogens (tertiary/aromatic N) is 2. The van der Waals surface area contributed by atoms with Gasteiger partial charge in [0.2, 0.25) is 0 Å². The first kappa shape index (κ1) is 15.9. The summed E-state index contributed by atoms with van der Waals surface area (Å²) in [7, 11) is 2.23. The number of likely N-dealkylation sites (tertiary alicyclic amines) is 1. The Kier molecular flexibility index (Phi) is 4.88. The summed E-state index contributed by atoms with van der Waals surface area (Å²) in [5, 5.41) is 7.12. The van der Waals surface area contributed by atoms with Crippen LogP contribution in [-0.4, -0.2) is 36.1 Å². The van der Waals surface area contributed by atoms with Crippen molar-refractivity contribution in [3.8, 4) is 0 Å². The van der Waals surface area contributed by atoms with Crippen LogP contribution in [0.4, 0.5) is 0 Å². The lowest BCUT2D eigenvalue weighted by Gasteiger charge is -2.24. The van der Waals surface area contributed by atoms with Crippen molar-refractivity contribution in [2.45, 2.75) is 58.5 Å². The van der Waals surface area contributed by atoms with Gasteiger partial charge in [-0.15, -0.1) is 11.3 Å². The first-order valence-corrected chi connectivity index (χ1v) is 8.56. The molecular formula is C16H29N3S. The van der Waals surface area contributed by atoms with Crippen LogP contribution in [0.1, 0.15) is 57.8 Å². The van der Waals surface area contributed by atoms with Gasteiger partial charge in [-0.1, -0.05) is 34.6 Å². The van der Waals surface area contributed by atoms with Gasteiger partial charge in [0.05, 0.1) is 16.7 Å². The Balaban J connectivity index is 2.13. The minimum atomic E-state index is 0.159. The zero-order valence-electron chi connectivity index (χ0n) is 13.7. The van der Waals surface area contributed by atoms with Gasteiger partial charge in [-0.3, -0.25) is 4.90 Å². The minimum Gasteiger partial charge on any atom is -0.314 e. The van der Waals surface area contributed by atoms with Crippen LogP contribution in [0.2, 0.25) is 0 Å². The topological polar surface area (TPSA) is 28.2 Å². The van der Waals surface area contributed by atoms with Crippen molar-refractivity contribution in [1.29, 1.82) is 0 Å². The molecule has 2 atom stereocenters. The molecule has 0 aliphatic carbocycles. The molecule has 0 aromatic carbocycles. The number of thiazole rings is 1. The summed E-state index contributed by atoms with van der Waals surface area (Å²) < 4.78 is 0. The van der Waals surface area contributed by atoms with E-state index < -0.39 is 0 Å². The molecule has 0 spiro atoms. The molecule has 2 unspecified atom stereocenters. The van der Waals surface area contributed by atoms with Crippen LogP contribution in [0.3, 0.4) is 0 Å². The predicted molar refractivity (Wildman–Crippen MR) is 87.4 cm³/mol. The lowest BCUT2D eigenvalue weighted by molar-refractivity contribution is 0.264. The van der Waals surface area contributed by atoms with Gasteiger partial charge in [0.1, 0.15) is 0 Å². The molecule has 3 nitrogen and oxygen atoms in total. The summed E-state index contributed by atoms with van der Waals surface area (Å²) in [4.78, 5) is 7.41. The Morgan fingerprint density at radius 2 is 2.15 bits per heavy atom. The van der Waals surface area contributed by atoms with E-state index in [4.69, 9.17) is 4.98 Å². The molecule has 1 fully saturated rings. The van der Waals surface area contributed by atoms with Gasteiger partial charge in [-0.05, 0) is 25.9 Å². The zero-order chi connectivity index (χ0) is 14.9. The summed E-state index contributed by atoms with van der Waals surface area (Å²) in [6.45, 7) is 13.4. The van der Waals surface area contributed by atoms with Crippen LogP contribution >= 0.6 is 11.3 Å². The van der Waals surface area contributed by atoms with Crippen molar-refractivity contribution < 1.29 is 0 Å². The molecule has 0 bridgehead atoms. The summed E-state index contributed by atoms with van der Waals surface area (Å²) in [6, 6.07) is 1.04. The highest BCUT2D eigenvalue weighted by molar-refractivity contribution is 7.09. The maximum Gasteiger partial charge on any atom is 0.0982 e. The normalized spacial score (nSPS) is 24.8. The average molecular weight is 295 g/mol. The van der Waals surface area contributed by atoms with Crippen LogP contribution in [0.15, 0.2) is 5.38 Å². The molecule has 0 amide bonds. The zero-order valence-corrected chi connectivity index (χ0v) is 14.5. The predicted octanol–water partition coefficient (Wildman–Crippen LogP) is 3.43. The Bertz CT molecular complexity index is 433. The second-order valence-corrected chi connectivity index (χ2v) is 8.22. The monoisotopic (exact) mass is 295 g/mol. The molecule has 0 saturated carbocycles. The Morgan fingerprint density at radius 1 is 1.45 bits per heavy atom. The van der Waals surface area contributed by atoms with E-state index in [0.29, 0.717) is 18.0 Å². The van der Waals surface area contributed by atoms with Crippen LogP contribution in [0.25, 0.3) is 0 Å². The molecule has 114 valence electrons. The number of hydrogen-bond acceptors (Lipinski definition) is 4. The van der Waals surface area contributed by atoms with Crippen molar-refractivity contribution in [2.24, 2.45) is 5.92 Å². The summed E-state index contributed by atoms with van der Waals surface area (Å²) >= 11 is 1.81. The molecular weight excluding hydrogens is 266 g/mol. The molecule has 1 aromatic heterocycles. The summed E-state index contributed by atoms with van der Waals surface area (Å²) in [5.41, 5.74) is 1.43. The largest absolute Gasteiger partial charge is 0.314 e. The quantitative estimate of drug-likeness (QED) is 0.922. The second kappa shape index (κ2) is 6.12. The van der Waals surface area contributed by atoms with Gasteiger partial charge in [0.15, 0.2) is 0 Å². The number of hydrogen-bond donors (Lipinski definition) is 1. The van der Waals surface area contributed by atoms with E-state index in [1.165, 1.54) is 23.7 Å². The molecule has 1 saturated heterocycles. The van der Waals surface area contributed by atoms with Gasteiger partial charge in [0, 0.05) is 23.4 Å². The van der Waals surface area contributed by atoms with E-state index in [0.717, 1.165) is 6.54 Å². The average Bonchev–Trinajstić information content (AvgIpc) is 2.91. The molecule has 1 aromatic rings. The van der Waals surface area contributed by atoms with Crippen LogP contribution in [0, 0.1) is 5.92 Å². The highest BCUT2D eigenvalue weighted by Crippen LogP contribution is 2.37. The fourth-order valence-corrected chi connectivity index (χ4v) is 3.80. The SMILES string of the molecule is CC(C)NCC1CCN(C)C1c1csc(C(C)(C)C)n1. The summed E-state index contributed by atoms with van der Waals surface area (Å²) in [6.07, 6.45) is 1.27. The van der Waals surface area contributed by atoms with Crippen molar-refractivity contribution in [2.75, 3.05) is 20.1 Å². The minimum absolute atomic E-state index is 0.159. The van der Waals surface area contributed by atoms with Gasteiger partial charge in [-0.25, -0.2) is 4.98 Å².